The van der Waals surface area contributed by atoms with Gasteiger partial charge in [0.1, 0.15) is 5.75 Å². The third kappa shape index (κ3) is 3.54. The molecule has 0 radical (unpaired) electrons. The molecule has 3 rings (SSSR count). The van der Waals surface area contributed by atoms with Gasteiger partial charge in [0, 0.05) is 26.7 Å². The van der Waals surface area contributed by atoms with Crippen LogP contribution in [0.2, 0.25) is 20.1 Å². The van der Waals surface area contributed by atoms with Crippen LogP contribution in [0.1, 0.15) is 16.7 Å². The van der Waals surface area contributed by atoms with Crippen molar-refractivity contribution < 1.29 is 23.2 Å². The summed E-state index contributed by atoms with van der Waals surface area (Å²) in [6.07, 6.45) is 0. The van der Waals surface area contributed by atoms with Crippen LogP contribution in [0.3, 0.4) is 0 Å². The Bertz CT molecular complexity index is 1210. The van der Waals surface area contributed by atoms with Crippen molar-refractivity contribution in [2.45, 2.75) is 4.75 Å². The Kier molecular flexibility index (Phi) is 5.98. The summed E-state index contributed by atoms with van der Waals surface area (Å²) in [6, 6.07) is 11.8. The van der Waals surface area contributed by atoms with Crippen molar-refractivity contribution in [3.05, 3.63) is 91.4 Å². The molecule has 152 valence electrons. The molecule has 0 aromatic heterocycles. The lowest BCUT2D eigenvalue weighted by Crippen LogP contribution is -2.39. The van der Waals surface area contributed by atoms with Crippen molar-refractivity contribution in [2.75, 3.05) is 0 Å². The molecule has 1 atom stereocenters. The summed E-state index contributed by atoms with van der Waals surface area (Å²) in [5.74, 6) is -1.07. The zero-order chi connectivity index (χ0) is 21.6. The Hall–Kier alpha value is -1.67. The first-order chi connectivity index (χ1) is 13.5. The van der Waals surface area contributed by atoms with Gasteiger partial charge in [-0.2, -0.15) is 8.42 Å². The summed E-state index contributed by atoms with van der Waals surface area (Å²) in [5.41, 5.74) is -0.719. The molecule has 10 heteroatoms. The van der Waals surface area contributed by atoms with Crippen molar-refractivity contribution in [1.29, 1.82) is 0 Å². The van der Waals surface area contributed by atoms with E-state index >= 15 is 0 Å². The van der Waals surface area contributed by atoms with Crippen LogP contribution in [0.5, 0.6) is 11.5 Å². The van der Waals surface area contributed by atoms with E-state index in [1.807, 2.05) is 0 Å². The maximum absolute atomic E-state index is 13.0. The Morgan fingerprint density at radius 3 is 2.00 bits per heavy atom. The SMILES string of the molecule is O=S(=O)(O)C(c1ccccc1O)(c1cc(Cl)ccc1Cl)c1ccc(Cl)c(O)c1Cl. The topological polar surface area (TPSA) is 94.8 Å². The summed E-state index contributed by atoms with van der Waals surface area (Å²) in [7, 11) is -5.14. The molecule has 0 aliphatic rings. The van der Waals surface area contributed by atoms with E-state index < -0.39 is 31.4 Å². The summed E-state index contributed by atoms with van der Waals surface area (Å²) in [6.45, 7) is 0. The average Bonchev–Trinajstić information content (AvgIpc) is 2.65. The van der Waals surface area contributed by atoms with E-state index in [1.54, 1.807) is 0 Å². The van der Waals surface area contributed by atoms with Crippen LogP contribution in [0.25, 0.3) is 0 Å². The molecule has 3 N–H and O–H groups in total. The second-order valence-corrected chi connectivity index (χ2v) is 9.25. The zero-order valence-electron chi connectivity index (χ0n) is 14.3. The molecule has 0 aliphatic heterocycles. The van der Waals surface area contributed by atoms with E-state index in [4.69, 9.17) is 46.4 Å². The molecule has 1 unspecified atom stereocenters. The van der Waals surface area contributed by atoms with Gasteiger partial charge in [-0.1, -0.05) is 70.7 Å². The van der Waals surface area contributed by atoms with Crippen molar-refractivity contribution in [1.82, 2.24) is 0 Å². The first kappa shape index (κ1) is 22.0. The average molecular weight is 494 g/mol. The predicted molar refractivity (Wildman–Crippen MR) is 114 cm³/mol. The highest BCUT2D eigenvalue weighted by atomic mass is 35.5. The van der Waals surface area contributed by atoms with Crippen LogP contribution in [0.15, 0.2) is 54.6 Å². The van der Waals surface area contributed by atoms with Gasteiger partial charge in [-0.15, -0.1) is 0 Å². The maximum atomic E-state index is 13.0. The van der Waals surface area contributed by atoms with Crippen molar-refractivity contribution in [3.63, 3.8) is 0 Å². The highest BCUT2D eigenvalue weighted by Gasteiger charge is 2.52. The van der Waals surface area contributed by atoms with Crippen LogP contribution in [-0.2, 0) is 14.9 Å². The monoisotopic (exact) mass is 492 g/mol. The summed E-state index contributed by atoms with van der Waals surface area (Å²) in [4.78, 5) is 0. The van der Waals surface area contributed by atoms with E-state index in [0.717, 1.165) is 0 Å². The highest BCUT2D eigenvalue weighted by molar-refractivity contribution is 7.87. The van der Waals surface area contributed by atoms with E-state index in [9.17, 15) is 23.2 Å². The molecule has 0 saturated heterocycles. The number of para-hydroxylation sites is 1. The normalized spacial score (nSPS) is 13.8. The van der Waals surface area contributed by atoms with Crippen molar-refractivity contribution in [3.8, 4) is 11.5 Å². The maximum Gasteiger partial charge on any atom is 0.283 e. The number of phenols is 2. The molecule has 0 heterocycles. The molecule has 0 aliphatic carbocycles. The number of halogens is 4. The van der Waals surface area contributed by atoms with E-state index in [0.29, 0.717) is 0 Å². The van der Waals surface area contributed by atoms with E-state index in [2.05, 4.69) is 0 Å². The Morgan fingerprint density at radius 1 is 0.759 bits per heavy atom. The summed E-state index contributed by atoms with van der Waals surface area (Å²) >= 11 is 24.5. The molecule has 3 aromatic carbocycles. The van der Waals surface area contributed by atoms with Crippen LogP contribution >= 0.6 is 46.4 Å². The van der Waals surface area contributed by atoms with E-state index in [1.165, 1.54) is 54.6 Å². The molecule has 3 aromatic rings. The standard InChI is InChI=1S/C19H12Cl4O5S/c20-10-5-7-14(21)13(9-10)19(29(26,27)28,11-3-1-2-4-16(11)24)12-6-8-15(22)18(25)17(12)23/h1-9,24-25H,(H,26,27,28). The third-order valence-corrected chi connectivity index (χ3v) is 7.11. The molecule has 5 nitrogen and oxygen atoms in total. The minimum atomic E-state index is -5.14. The number of aromatic hydroxyl groups is 2. The van der Waals surface area contributed by atoms with Gasteiger partial charge in [0.15, 0.2) is 10.5 Å². The van der Waals surface area contributed by atoms with Gasteiger partial charge in [-0.05, 0) is 30.3 Å². The Labute approximate surface area is 186 Å². The summed E-state index contributed by atoms with van der Waals surface area (Å²) < 4.78 is 33.9. The fourth-order valence-electron chi connectivity index (χ4n) is 3.20. The molecular formula is C19H12Cl4O5S. The number of benzene rings is 3. The number of rotatable bonds is 4. The molecule has 0 fully saturated rings. The van der Waals surface area contributed by atoms with Crippen LogP contribution in [0, 0.1) is 0 Å². The first-order valence-corrected chi connectivity index (χ1v) is 10.9. The lowest BCUT2D eigenvalue weighted by molar-refractivity contribution is 0.439. The van der Waals surface area contributed by atoms with Gasteiger partial charge >= 0.3 is 0 Å². The Morgan fingerprint density at radius 2 is 1.38 bits per heavy atom. The molecule has 0 saturated carbocycles. The first-order valence-electron chi connectivity index (χ1n) is 7.90. The predicted octanol–water partition coefficient (Wildman–Crippen LogP) is 5.89. The Balaban J connectivity index is 2.66. The van der Waals surface area contributed by atoms with Gasteiger partial charge in [0.2, 0.25) is 0 Å². The van der Waals surface area contributed by atoms with Gasteiger partial charge in [-0.25, -0.2) is 0 Å². The number of phenolic OH excluding ortho intramolecular Hbond substituents is 2. The number of hydrogen-bond donors (Lipinski definition) is 3. The highest BCUT2D eigenvalue weighted by Crippen LogP contribution is 2.53. The molecular weight excluding hydrogens is 482 g/mol. The quantitative estimate of drug-likeness (QED) is 0.311. The second-order valence-electron chi connectivity index (χ2n) is 6.06. The van der Waals surface area contributed by atoms with Crippen LogP contribution in [0.4, 0.5) is 0 Å². The largest absolute Gasteiger partial charge is 0.508 e. The van der Waals surface area contributed by atoms with Crippen LogP contribution < -0.4 is 0 Å². The smallest absolute Gasteiger partial charge is 0.283 e. The molecule has 29 heavy (non-hydrogen) atoms. The van der Waals surface area contributed by atoms with Gasteiger partial charge in [0.05, 0.1) is 10.0 Å². The fraction of sp³-hybridized carbons (Fsp3) is 0.0526. The lowest BCUT2D eigenvalue weighted by atomic mass is 9.83. The summed E-state index contributed by atoms with van der Waals surface area (Å²) in [5, 5.41) is 20.2. The van der Waals surface area contributed by atoms with Gasteiger partial charge < -0.3 is 10.2 Å². The van der Waals surface area contributed by atoms with Gasteiger partial charge in [0.25, 0.3) is 10.1 Å². The second kappa shape index (κ2) is 7.87. The third-order valence-electron chi connectivity index (χ3n) is 4.42. The minimum absolute atomic E-state index is 0.0826. The molecule has 0 bridgehead atoms. The minimum Gasteiger partial charge on any atom is -0.508 e. The number of hydrogen-bond acceptors (Lipinski definition) is 4. The van der Waals surface area contributed by atoms with Crippen LogP contribution in [-0.4, -0.2) is 23.2 Å². The van der Waals surface area contributed by atoms with Crippen molar-refractivity contribution >= 4 is 56.5 Å². The molecule has 0 spiro atoms. The fourth-order valence-corrected chi connectivity index (χ4v) is 5.60. The van der Waals surface area contributed by atoms with Gasteiger partial charge in [-0.3, -0.25) is 4.55 Å². The lowest BCUT2D eigenvalue weighted by Gasteiger charge is -2.34. The van der Waals surface area contributed by atoms with E-state index in [-0.39, 0.29) is 31.8 Å². The zero-order valence-corrected chi connectivity index (χ0v) is 18.1. The molecule has 0 amide bonds. The van der Waals surface area contributed by atoms with Crippen molar-refractivity contribution in [2.24, 2.45) is 0 Å².